The van der Waals surface area contributed by atoms with Crippen molar-refractivity contribution in [1.29, 1.82) is 5.26 Å². The van der Waals surface area contributed by atoms with Crippen molar-refractivity contribution in [3.63, 3.8) is 0 Å². The molecule has 0 saturated carbocycles. The molecule has 96 valence electrons. The minimum atomic E-state index is 0.622. The lowest BCUT2D eigenvalue weighted by molar-refractivity contribution is 0.412. The first-order valence-electron chi connectivity index (χ1n) is 5.75. The van der Waals surface area contributed by atoms with Gasteiger partial charge in [-0.3, -0.25) is 0 Å². The molecule has 0 aliphatic carbocycles. The Bertz CT molecular complexity index is 647. The third-order valence-corrected chi connectivity index (χ3v) is 3.43. The van der Waals surface area contributed by atoms with Gasteiger partial charge in [-0.1, -0.05) is 0 Å². The quantitative estimate of drug-likeness (QED) is 0.913. The fourth-order valence-corrected chi connectivity index (χ4v) is 2.27. The van der Waals surface area contributed by atoms with Crippen molar-refractivity contribution in [2.75, 3.05) is 12.4 Å². The molecule has 1 N–H and O–H groups in total. The standard InChI is InChI=1S/C15H13BrN2O/c1-10-7-12(5-6-15(10)19-2)18-13-4-3-11(9-17)14(16)8-13/h3-8,18H,1-2H3. The van der Waals surface area contributed by atoms with Crippen LogP contribution in [0.2, 0.25) is 0 Å². The molecular formula is C15H13BrN2O. The van der Waals surface area contributed by atoms with Gasteiger partial charge in [-0.05, 0) is 64.8 Å². The van der Waals surface area contributed by atoms with Crippen LogP contribution in [0, 0.1) is 18.3 Å². The molecule has 2 aromatic rings. The van der Waals surface area contributed by atoms with Crippen molar-refractivity contribution in [1.82, 2.24) is 0 Å². The fourth-order valence-electron chi connectivity index (χ4n) is 1.81. The van der Waals surface area contributed by atoms with Crippen LogP contribution in [0.4, 0.5) is 11.4 Å². The fraction of sp³-hybridized carbons (Fsp3) is 0.133. The maximum absolute atomic E-state index is 8.88. The van der Waals surface area contributed by atoms with Crippen molar-refractivity contribution < 1.29 is 4.74 Å². The monoisotopic (exact) mass is 316 g/mol. The third-order valence-electron chi connectivity index (χ3n) is 2.77. The van der Waals surface area contributed by atoms with E-state index in [4.69, 9.17) is 10.00 Å². The number of nitrogens with zero attached hydrogens (tertiary/aromatic N) is 1. The number of anilines is 2. The summed E-state index contributed by atoms with van der Waals surface area (Å²) < 4.78 is 6.01. The Morgan fingerprint density at radius 1 is 1.16 bits per heavy atom. The zero-order chi connectivity index (χ0) is 13.8. The Kier molecular flexibility index (Phi) is 4.08. The maximum Gasteiger partial charge on any atom is 0.121 e. The zero-order valence-corrected chi connectivity index (χ0v) is 12.3. The van der Waals surface area contributed by atoms with Gasteiger partial charge in [-0.15, -0.1) is 0 Å². The number of rotatable bonds is 3. The molecule has 0 fully saturated rings. The number of methoxy groups -OCH3 is 1. The number of aryl methyl sites for hydroxylation is 1. The molecule has 0 amide bonds. The maximum atomic E-state index is 8.88. The van der Waals surface area contributed by atoms with E-state index in [1.54, 1.807) is 13.2 Å². The Morgan fingerprint density at radius 2 is 1.84 bits per heavy atom. The van der Waals surface area contributed by atoms with Crippen LogP contribution in [-0.2, 0) is 0 Å². The Morgan fingerprint density at radius 3 is 2.42 bits per heavy atom. The first-order chi connectivity index (χ1) is 9.13. The average Bonchev–Trinajstić information content (AvgIpc) is 2.39. The van der Waals surface area contributed by atoms with E-state index in [1.807, 2.05) is 37.3 Å². The van der Waals surface area contributed by atoms with E-state index in [9.17, 15) is 0 Å². The second-order valence-electron chi connectivity index (χ2n) is 4.12. The van der Waals surface area contributed by atoms with E-state index in [0.717, 1.165) is 27.2 Å². The zero-order valence-electron chi connectivity index (χ0n) is 10.7. The molecule has 0 saturated heterocycles. The van der Waals surface area contributed by atoms with Gasteiger partial charge in [-0.2, -0.15) is 5.26 Å². The highest BCUT2D eigenvalue weighted by Crippen LogP contribution is 2.26. The van der Waals surface area contributed by atoms with Gasteiger partial charge in [0.1, 0.15) is 11.8 Å². The molecule has 0 unspecified atom stereocenters. The van der Waals surface area contributed by atoms with Crippen LogP contribution in [-0.4, -0.2) is 7.11 Å². The Hall–Kier alpha value is -1.99. The minimum absolute atomic E-state index is 0.622. The van der Waals surface area contributed by atoms with Crippen LogP contribution < -0.4 is 10.1 Å². The first kappa shape index (κ1) is 13.4. The highest BCUT2D eigenvalue weighted by atomic mass is 79.9. The number of halogens is 1. The van der Waals surface area contributed by atoms with E-state index in [-0.39, 0.29) is 0 Å². The molecule has 0 aliphatic rings. The highest BCUT2D eigenvalue weighted by Gasteiger charge is 2.03. The third kappa shape index (κ3) is 3.07. The van der Waals surface area contributed by atoms with E-state index in [1.165, 1.54) is 0 Å². The van der Waals surface area contributed by atoms with Gasteiger partial charge in [0.2, 0.25) is 0 Å². The normalized spacial score (nSPS) is 9.79. The molecule has 3 nitrogen and oxygen atoms in total. The number of nitriles is 1. The van der Waals surface area contributed by atoms with Gasteiger partial charge in [0.15, 0.2) is 0 Å². The molecular weight excluding hydrogens is 304 g/mol. The first-order valence-corrected chi connectivity index (χ1v) is 6.54. The van der Waals surface area contributed by atoms with Gasteiger partial charge in [0.25, 0.3) is 0 Å². The van der Waals surface area contributed by atoms with E-state index < -0.39 is 0 Å². The van der Waals surface area contributed by atoms with Crippen LogP contribution in [0.15, 0.2) is 40.9 Å². The highest BCUT2D eigenvalue weighted by molar-refractivity contribution is 9.10. The van der Waals surface area contributed by atoms with Crippen molar-refractivity contribution in [2.24, 2.45) is 0 Å². The summed E-state index contributed by atoms with van der Waals surface area (Å²) in [4.78, 5) is 0. The second-order valence-corrected chi connectivity index (χ2v) is 4.97. The topological polar surface area (TPSA) is 45.0 Å². The molecule has 4 heteroatoms. The largest absolute Gasteiger partial charge is 0.496 e. The number of benzene rings is 2. The van der Waals surface area contributed by atoms with Crippen LogP contribution >= 0.6 is 15.9 Å². The van der Waals surface area contributed by atoms with E-state index in [2.05, 4.69) is 27.3 Å². The molecule has 0 heterocycles. The molecule has 19 heavy (non-hydrogen) atoms. The molecule has 2 aromatic carbocycles. The van der Waals surface area contributed by atoms with Gasteiger partial charge in [-0.25, -0.2) is 0 Å². The van der Waals surface area contributed by atoms with Crippen molar-refractivity contribution in [3.05, 3.63) is 52.0 Å². The Balaban J connectivity index is 2.24. The predicted molar refractivity (Wildman–Crippen MR) is 79.9 cm³/mol. The summed E-state index contributed by atoms with van der Waals surface area (Å²) in [5.41, 5.74) is 3.60. The lowest BCUT2D eigenvalue weighted by Gasteiger charge is -2.10. The number of hydrogen-bond acceptors (Lipinski definition) is 3. The van der Waals surface area contributed by atoms with Crippen molar-refractivity contribution >= 4 is 27.3 Å². The van der Waals surface area contributed by atoms with Crippen LogP contribution in [0.3, 0.4) is 0 Å². The summed E-state index contributed by atoms with van der Waals surface area (Å²) in [6, 6.07) is 13.6. The van der Waals surface area contributed by atoms with Crippen LogP contribution in [0.5, 0.6) is 5.75 Å². The van der Waals surface area contributed by atoms with Gasteiger partial charge in [0.05, 0.1) is 12.7 Å². The molecule has 2 rings (SSSR count). The number of nitrogens with one attached hydrogen (secondary N) is 1. The van der Waals surface area contributed by atoms with E-state index in [0.29, 0.717) is 5.56 Å². The predicted octanol–water partition coefficient (Wildman–Crippen LogP) is 4.38. The molecule has 0 radical (unpaired) electrons. The summed E-state index contributed by atoms with van der Waals surface area (Å²) in [7, 11) is 1.66. The molecule has 0 spiro atoms. The smallest absolute Gasteiger partial charge is 0.121 e. The Labute approximate surface area is 121 Å². The molecule has 0 atom stereocenters. The number of hydrogen-bond donors (Lipinski definition) is 1. The molecule has 0 aliphatic heterocycles. The second kappa shape index (κ2) is 5.77. The summed E-state index contributed by atoms with van der Waals surface area (Å²) in [6.45, 7) is 2.00. The van der Waals surface area contributed by atoms with Crippen molar-refractivity contribution in [2.45, 2.75) is 6.92 Å². The van der Waals surface area contributed by atoms with Crippen LogP contribution in [0.1, 0.15) is 11.1 Å². The van der Waals surface area contributed by atoms with Crippen molar-refractivity contribution in [3.8, 4) is 11.8 Å². The van der Waals surface area contributed by atoms with Gasteiger partial charge < -0.3 is 10.1 Å². The summed E-state index contributed by atoms with van der Waals surface area (Å²) in [5.74, 6) is 0.867. The minimum Gasteiger partial charge on any atom is -0.496 e. The summed E-state index contributed by atoms with van der Waals surface area (Å²) in [6.07, 6.45) is 0. The van der Waals surface area contributed by atoms with Gasteiger partial charge >= 0.3 is 0 Å². The van der Waals surface area contributed by atoms with E-state index >= 15 is 0 Å². The molecule has 0 bridgehead atoms. The van der Waals surface area contributed by atoms with Crippen LogP contribution in [0.25, 0.3) is 0 Å². The SMILES string of the molecule is COc1ccc(Nc2ccc(C#N)c(Br)c2)cc1C. The lowest BCUT2D eigenvalue weighted by atomic mass is 10.2. The number of ether oxygens (including phenoxy) is 1. The average molecular weight is 317 g/mol. The lowest BCUT2D eigenvalue weighted by Crippen LogP contribution is -1.93. The molecule has 0 aromatic heterocycles. The van der Waals surface area contributed by atoms with Gasteiger partial charge in [0, 0.05) is 15.8 Å². The summed E-state index contributed by atoms with van der Waals surface area (Å²) in [5, 5.41) is 12.2. The summed E-state index contributed by atoms with van der Waals surface area (Å²) >= 11 is 3.38.